The van der Waals surface area contributed by atoms with Crippen LogP contribution in [0.3, 0.4) is 0 Å². The van der Waals surface area contributed by atoms with Gasteiger partial charge in [0.2, 0.25) is 0 Å². The summed E-state index contributed by atoms with van der Waals surface area (Å²) >= 11 is 0. The third-order valence-electron chi connectivity index (χ3n) is 2.33. The highest BCUT2D eigenvalue weighted by atomic mass is 16.5. The number of aliphatic hydroxyl groups is 3. The van der Waals surface area contributed by atoms with Crippen molar-refractivity contribution in [2.75, 3.05) is 40.0 Å². The van der Waals surface area contributed by atoms with Crippen LogP contribution in [-0.2, 0) is 4.74 Å². The third kappa shape index (κ3) is 6.81. The molecule has 0 fully saturated rings. The lowest BCUT2D eigenvalue weighted by atomic mass is 9.93. The maximum atomic E-state index is 9.33. The molecular weight excluding hydrogens is 198 g/mol. The predicted molar refractivity (Wildman–Crippen MR) is 57.6 cm³/mol. The van der Waals surface area contributed by atoms with Gasteiger partial charge in [-0.15, -0.1) is 0 Å². The molecule has 0 aliphatic carbocycles. The van der Waals surface area contributed by atoms with Crippen LogP contribution in [0, 0.1) is 5.41 Å². The van der Waals surface area contributed by atoms with E-state index in [2.05, 4.69) is 5.32 Å². The monoisotopic (exact) mass is 221 g/mol. The highest BCUT2D eigenvalue weighted by molar-refractivity contribution is 4.75. The molecule has 5 heteroatoms. The van der Waals surface area contributed by atoms with E-state index in [1.54, 1.807) is 14.0 Å². The molecule has 1 unspecified atom stereocenters. The van der Waals surface area contributed by atoms with Crippen molar-refractivity contribution in [3.63, 3.8) is 0 Å². The minimum atomic E-state index is -0.494. The van der Waals surface area contributed by atoms with Gasteiger partial charge in [-0.25, -0.2) is 0 Å². The van der Waals surface area contributed by atoms with E-state index in [4.69, 9.17) is 14.9 Å². The number of hydrogen-bond donors (Lipinski definition) is 4. The Morgan fingerprint density at radius 1 is 1.33 bits per heavy atom. The molecule has 15 heavy (non-hydrogen) atoms. The highest BCUT2D eigenvalue weighted by Crippen LogP contribution is 2.11. The van der Waals surface area contributed by atoms with Crippen LogP contribution in [-0.4, -0.2) is 61.4 Å². The summed E-state index contributed by atoms with van der Waals surface area (Å²) in [5, 5.41) is 30.4. The molecule has 0 heterocycles. The second-order valence-corrected chi connectivity index (χ2v) is 4.20. The van der Waals surface area contributed by atoms with E-state index in [0.717, 1.165) is 0 Å². The van der Waals surface area contributed by atoms with Crippen LogP contribution in [0.25, 0.3) is 0 Å². The zero-order chi connectivity index (χ0) is 11.7. The van der Waals surface area contributed by atoms with E-state index < -0.39 is 11.5 Å². The minimum absolute atomic E-state index is 0.0584. The standard InChI is InChI=1S/C10H23NO4/c1-10(7-12,8-13)6-11-4-3-9(14)5-15-2/h9,11-14H,3-8H2,1-2H3. The van der Waals surface area contributed by atoms with E-state index in [1.807, 2.05) is 0 Å². The molecule has 0 amide bonds. The molecule has 5 nitrogen and oxygen atoms in total. The molecule has 0 aromatic rings. The summed E-state index contributed by atoms with van der Waals surface area (Å²) in [5.41, 5.74) is -0.494. The zero-order valence-corrected chi connectivity index (χ0v) is 9.57. The lowest BCUT2D eigenvalue weighted by molar-refractivity contribution is 0.0537. The molecule has 0 saturated carbocycles. The fourth-order valence-electron chi connectivity index (χ4n) is 1.10. The largest absolute Gasteiger partial charge is 0.396 e. The first-order valence-electron chi connectivity index (χ1n) is 5.17. The number of rotatable bonds is 9. The van der Waals surface area contributed by atoms with Crippen LogP contribution in [0.1, 0.15) is 13.3 Å². The van der Waals surface area contributed by atoms with Crippen molar-refractivity contribution in [2.24, 2.45) is 5.41 Å². The van der Waals surface area contributed by atoms with E-state index in [0.29, 0.717) is 26.1 Å². The van der Waals surface area contributed by atoms with E-state index in [-0.39, 0.29) is 13.2 Å². The molecule has 0 aromatic carbocycles. The normalized spacial score (nSPS) is 14.2. The van der Waals surface area contributed by atoms with Gasteiger partial charge in [-0.05, 0) is 13.0 Å². The molecule has 0 aromatic heterocycles. The Balaban J connectivity index is 3.52. The van der Waals surface area contributed by atoms with Crippen molar-refractivity contribution >= 4 is 0 Å². The summed E-state index contributed by atoms with van der Waals surface area (Å²) in [6, 6.07) is 0. The third-order valence-corrected chi connectivity index (χ3v) is 2.33. The van der Waals surface area contributed by atoms with Gasteiger partial charge in [0.25, 0.3) is 0 Å². The van der Waals surface area contributed by atoms with Crippen LogP contribution in [0.2, 0.25) is 0 Å². The van der Waals surface area contributed by atoms with Crippen LogP contribution < -0.4 is 5.32 Å². The average Bonchev–Trinajstić information content (AvgIpc) is 2.24. The first kappa shape index (κ1) is 14.8. The predicted octanol–water partition coefficient (Wildman–Crippen LogP) is -1.04. The summed E-state index contributed by atoms with van der Waals surface area (Å²) in [4.78, 5) is 0. The van der Waals surface area contributed by atoms with Gasteiger partial charge in [-0.3, -0.25) is 0 Å². The number of aliphatic hydroxyl groups excluding tert-OH is 3. The maximum absolute atomic E-state index is 9.33. The summed E-state index contributed by atoms with van der Waals surface area (Å²) < 4.78 is 4.79. The Labute approximate surface area is 91.1 Å². The van der Waals surface area contributed by atoms with Crippen molar-refractivity contribution in [3.8, 4) is 0 Å². The van der Waals surface area contributed by atoms with E-state index in [1.165, 1.54) is 0 Å². The van der Waals surface area contributed by atoms with Crippen LogP contribution in [0.15, 0.2) is 0 Å². The van der Waals surface area contributed by atoms with Gasteiger partial charge in [-0.1, -0.05) is 6.92 Å². The summed E-state index contributed by atoms with van der Waals surface area (Å²) in [6.45, 7) is 3.18. The number of methoxy groups -OCH3 is 1. The molecule has 0 aliphatic heterocycles. The van der Waals surface area contributed by atoms with Gasteiger partial charge >= 0.3 is 0 Å². The number of nitrogens with one attached hydrogen (secondary N) is 1. The Kier molecular flexibility index (Phi) is 7.90. The van der Waals surface area contributed by atoms with Crippen molar-refractivity contribution < 1.29 is 20.1 Å². The van der Waals surface area contributed by atoms with Gasteiger partial charge in [0, 0.05) is 19.1 Å². The van der Waals surface area contributed by atoms with Gasteiger partial charge in [0.05, 0.1) is 25.9 Å². The Morgan fingerprint density at radius 2 is 1.93 bits per heavy atom. The van der Waals surface area contributed by atoms with Crippen molar-refractivity contribution in [1.82, 2.24) is 5.32 Å². The second-order valence-electron chi connectivity index (χ2n) is 4.20. The molecule has 0 radical (unpaired) electrons. The fourth-order valence-corrected chi connectivity index (χ4v) is 1.10. The molecule has 92 valence electrons. The van der Waals surface area contributed by atoms with Gasteiger partial charge in [-0.2, -0.15) is 0 Å². The number of ether oxygens (including phenoxy) is 1. The summed E-state index contributed by atoms with van der Waals surface area (Å²) in [5.74, 6) is 0. The smallest absolute Gasteiger partial charge is 0.0785 e. The van der Waals surface area contributed by atoms with Crippen LogP contribution in [0.4, 0.5) is 0 Å². The molecule has 0 bridgehead atoms. The molecule has 0 aliphatic rings. The minimum Gasteiger partial charge on any atom is -0.396 e. The average molecular weight is 221 g/mol. The van der Waals surface area contributed by atoms with Crippen LogP contribution in [0.5, 0.6) is 0 Å². The summed E-state index contributed by atoms with van der Waals surface area (Å²) in [6.07, 6.45) is 0.137. The van der Waals surface area contributed by atoms with E-state index >= 15 is 0 Å². The van der Waals surface area contributed by atoms with Crippen LogP contribution >= 0.6 is 0 Å². The summed E-state index contributed by atoms with van der Waals surface area (Å²) in [7, 11) is 1.55. The van der Waals surface area contributed by atoms with E-state index in [9.17, 15) is 5.11 Å². The molecule has 0 spiro atoms. The molecule has 0 rings (SSSR count). The van der Waals surface area contributed by atoms with Crippen molar-refractivity contribution in [3.05, 3.63) is 0 Å². The van der Waals surface area contributed by atoms with Gasteiger partial charge in [0.15, 0.2) is 0 Å². The first-order valence-corrected chi connectivity index (χ1v) is 5.17. The highest BCUT2D eigenvalue weighted by Gasteiger charge is 2.21. The topological polar surface area (TPSA) is 82.0 Å². The lowest BCUT2D eigenvalue weighted by Gasteiger charge is -2.25. The maximum Gasteiger partial charge on any atom is 0.0785 e. The van der Waals surface area contributed by atoms with Crippen molar-refractivity contribution in [1.29, 1.82) is 0 Å². The fraction of sp³-hybridized carbons (Fsp3) is 1.00. The Hall–Kier alpha value is -0.200. The zero-order valence-electron chi connectivity index (χ0n) is 9.57. The first-order chi connectivity index (χ1) is 7.08. The van der Waals surface area contributed by atoms with Gasteiger partial charge < -0.3 is 25.4 Å². The SMILES string of the molecule is COCC(O)CCNCC(C)(CO)CO. The van der Waals surface area contributed by atoms with Crippen molar-refractivity contribution in [2.45, 2.75) is 19.4 Å². The molecule has 4 N–H and O–H groups in total. The lowest BCUT2D eigenvalue weighted by Crippen LogP contribution is -2.39. The van der Waals surface area contributed by atoms with Gasteiger partial charge in [0.1, 0.15) is 0 Å². The second kappa shape index (κ2) is 8.01. The quantitative estimate of drug-likeness (QED) is 0.374. The Bertz CT molecular complexity index is 150. The molecular formula is C10H23NO4. The molecule has 1 atom stereocenters. The Morgan fingerprint density at radius 3 is 2.40 bits per heavy atom. The number of hydrogen-bond acceptors (Lipinski definition) is 5. The molecule has 0 saturated heterocycles.